The van der Waals surface area contributed by atoms with E-state index in [0.29, 0.717) is 0 Å². The molecule has 0 aliphatic carbocycles. The van der Waals surface area contributed by atoms with Crippen LogP contribution in [0, 0.1) is 11.5 Å². The number of carboxylic acid groups (broad SMARTS) is 1. The zero-order chi connectivity index (χ0) is 7.86. The molecule has 0 fully saturated rings. The standard InChI is InChI=1S/C4H6O2.CHNO/c1-3(2)4(5)6;2-1-3/h1H2,2H3,(H,5,6);3H. The maximum Gasteiger partial charge on any atom is 0.330 e. The average molecular weight is 129 g/mol. The molecule has 9 heavy (non-hydrogen) atoms. The summed E-state index contributed by atoms with van der Waals surface area (Å²) >= 11 is 0. The second-order valence-electron chi connectivity index (χ2n) is 1.19. The van der Waals surface area contributed by atoms with Gasteiger partial charge in [0, 0.05) is 5.57 Å². The van der Waals surface area contributed by atoms with Crippen molar-refractivity contribution < 1.29 is 15.0 Å². The van der Waals surface area contributed by atoms with Gasteiger partial charge in [0.15, 0.2) is 0 Å². The van der Waals surface area contributed by atoms with Gasteiger partial charge < -0.3 is 10.2 Å². The van der Waals surface area contributed by atoms with Gasteiger partial charge in [0.1, 0.15) is 0 Å². The Kier molecular flexibility index (Phi) is 7.57. The van der Waals surface area contributed by atoms with E-state index in [1.54, 1.807) is 0 Å². The summed E-state index contributed by atoms with van der Waals surface area (Å²) in [5, 5.41) is 21.6. The molecule has 0 aromatic carbocycles. The molecular weight excluding hydrogens is 122 g/mol. The van der Waals surface area contributed by atoms with Crippen LogP contribution in [0.3, 0.4) is 0 Å². The SMILES string of the molecule is C=C(C)C(=O)O.N#CO. The topological polar surface area (TPSA) is 81.3 Å². The highest BCUT2D eigenvalue weighted by Gasteiger charge is 1.90. The molecule has 0 aromatic rings. The van der Waals surface area contributed by atoms with Crippen LogP contribution in [-0.2, 0) is 4.79 Å². The van der Waals surface area contributed by atoms with Crippen LogP contribution in [0.1, 0.15) is 6.92 Å². The van der Waals surface area contributed by atoms with Crippen LogP contribution in [0.4, 0.5) is 0 Å². The number of hydrogen-bond donors (Lipinski definition) is 2. The first-order valence-electron chi connectivity index (χ1n) is 1.98. The summed E-state index contributed by atoms with van der Waals surface area (Å²) in [6.45, 7) is 4.60. The van der Waals surface area contributed by atoms with Gasteiger partial charge in [0.2, 0.25) is 0 Å². The third kappa shape index (κ3) is 21.1. The van der Waals surface area contributed by atoms with E-state index in [2.05, 4.69) is 6.58 Å². The van der Waals surface area contributed by atoms with Gasteiger partial charge in [0.05, 0.1) is 0 Å². The molecule has 0 atom stereocenters. The Morgan fingerprint density at radius 1 is 1.78 bits per heavy atom. The lowest BCUT2D eigenvalue weighted by Crippen LogP contribution is -1.92. The number of aliphatic hydroxyl groups is 1. The summed E-state index contributed by atoms with van der Waals surface area (Å²) in [6.07, 6.45) is 0.750. The summed E-state index contributed by atoms with van der Waals surface area (Å²) in [6, 6.07) is 0. The molecule has 0 spiro atoms. The minimum absolute atomic E-state index is 0.176. The lowest BCUT2D eigenvalue weighted by molar-refractivity contribution is -0.132. The van der Waals surface area contributed by atoms with Crippen molar-refractivity contribution in [3.8, 4) is 6.26 Å². The highest BCUT2D eigenvalue weighted by Crippen LogP contribution is 1.81. The Labute approximate surface area is 52.7 Å². The molecule has 0 heterocycles. The second-order valence-corrected chi connectivity index (χ2v) is 1.19. The van der Waals surface area contributed by atoms with Crippen LogP contribution in [0.25, 0.3) is 0 Å². The van der Waals surface area contributed by atoms with Crippen LogP contribution in [-0.4, -0.2) is 16.2 Å². The molecule has 2 N–H and O–H groups in total. The molecule has 0 aliphatic heterocycles. The first-order chi connectivity index (χ1) is 4.06. The Morgan fingerprint density at radius 2 is 1.89 bits per heavy atom. The summed E-state index contributed by atoms with van der Waals surface area (Å²) in [5.41, 5.74) is 0.176. The van der Waals surface area contributed by atoms with Gasteiger partial charge in [0.25, 0.3) is 6.26 Å². The summed E-state index contributed by atoms with van der Waals surface area (Å²) < 4.78 is 0. The Morgan fingerprint density at radius 3 is 1.89 bits per heavy atom. The smallest absolute Gasteiger partial charge is 0.330 e. The minimum atomic E-state index is -0.935. The number of nitrogens with zero attached hydrogens (tertiary/aromatic N) is 1. The number of aliphatic hydroxyl groups excluding tert-OH is 1. The fourth-order valence-corrected chi connectivity index (χ4v) is 0. The van der Waals surface area contributed by atoms with E-state index in [1.807, 2.05) is 0 Å². The monoisotopic (exact) mass is 129 g/mol. The van der Waals surface area contributed by atoms with Crippen molar-refractivity contribution in [2.75, 3.05) is 0 Å². The molecule has 0 saturated heterocycles. The molecule has 0 rings (SSSR count). The molecule has 4 nitrogen and oxygen atoms in total. The summed E-state index contributed by atoms with van der Waals surface area (Å²) in [7, 11) is 0. The Bertz CT molecular complexity index is 133. The molecular formula is C5H7NO3. The van der Waals surface area contributed by atoms with Crippen LogP contribution in [0.2, 0.25) is 0 Å². The molecule has 4 heteroatoms. The fourth-order valence-electron chi connectivity index (χ4n) is 0. The van der Waals surface area contributed by atoms with Crippen molar-refractivity contribution in [2.45, 2.75) is 6.92 Å². The number of nitriles is 1. The largest absolute Gasteiger partial charge is 0.478 e. The molecule has 0 amide bonds. The van der Waals surface area contributed by atoms with Crippen molar-refractivity contribution >= 4 is 5.97 Å². The van der Waals surface area contributed by atoms with Crippen molar-refractivity contribution in [2.24, 2.45) is 0 Å². The van der Waals surface area contributed by atoms with Gasteiger partial charge in [-0.1, -0.05) is 6.58 Å². The summed E-state index contributed by atoms with van der Waals surface area (Å²) in [5.74, 6) is -0.935. The lowest BCUT2D eigenvalue weighted by atomic mass is 10.4. The number of carbonyl (C=O) groups is 1. The van der Waals surface area contributed by atoms with Crippen molar-refractivity contribution in [1.82, 2.24) is 0 Å². The summed E-state index contributed by atoms with van der Waals surface area (Å²) in [4.78, 5) is 9.60. The third-order valence-corrected chi connectivity index (χ3v) is 0.365. The van der Waals surface area contributed by atoms with Crippen LogP contribution >= 0.6 is 0 Å². The molecule has 0 radical (unpaired) electrons. The molecule has 50 valence electrons. The first-order valence-corrected chi connectivity index (χ1v) is 1.98. The van der Waals surface area contributed by atoms with Crippen molar-refractivity contribution in [1.29, 1.82) is 5.26 Å². The third-order valence-electron chi connectivity index (χ3n) is 0.365. The molecule has 0 saturated carbocycles. The predicted octanol–water partition coefficient (Wildman–Crippen LogP) is 0.487. The van der Waals surface area contributed by atoms with E-state index in [-0.39, 0.29) is 5.57 Å². The zero-order valence-electron chi connectivity index (χ0n) is 4.96. The van der Waals surface area contributed by atoms with Gasteiger partial charge >= 0.3 is 5.97 Å². The highest BCUT2D eigenvalue weighted by molar-refractivity contribution is 5.84. The Balaban J connectivity index is 0. The minimum Gasteiger partial charge on any atom is -0.478 e. The predicted molar refractivity (Wildman–Crippen MR) is 30.0 cm³/mol. The van der Waals surface area contributed by atoms with Crippen LogP contribution in [0.5, 0.6) is 0 Å². The van der Waals surface area contributed by atoms with Crippen LogP contribution in [0.15, 0.2) is 12.2 Å². The molecule has 0 unspecified atom stereocenters. The van der Waals surface area contributed by atoms with Gasteiger partial charge in [-0.05, 0) is 6.92 Å². The first kappa shape index (κ1) is 10.5. The van der Waals surface area contributed by atoms with E-state index in [1.165, 1.54) is 6.92 Å². The van der Waals surface area contributed by atoms with Gasteiger partial charge in [-0.25, -0.2) is 4.79 Å². The maximum atomic E-state index is 9.60. The molecule has 0 aliphatic rings. The van der Waals surface area contributed by atoms with E-state index in [4.69, 9.17) is 15.5 Å². The Hall–Kier alpha value is -1.50. The van der Waals surface area contributed by atoms with E-state index in [9.17, 15) is 4.79 Å². The molecule has 0 bridgehead atoms. The van der Waals surface area contributed by atoms with Crippen molar-refractivity contribution in [3.63, 3.8) is 0 Å². The normalized spacial score (nSPS) is 5.78. The van der Waals surface area contributed by atoms with E-state index < -0.39 is 5.97 Å². The van der Waals surface area contributed by atoms with Gasteiger partial charge in [-0.2, -0.15) is 5.26 Å². The number of aliphatic carboxylic acids is 1. The lowest BCUT2D eigenvalue weighted by Gasteiger charge is -1.79. The second kappa shape index (κ2) is 6.50. The highest BCUT2D eigenvalue weighted by atomic mass is 16.4. The number of hydrogen-bond acceptors (Lipinski definition) is 3. The zero-order valence-corrected chi connectivity index (χ0v) is 4.96. The number of rotatable bonds is 1. The number of carboxylic acids is 1. The quantitative estimate of drug-likeness (QED) is 0.398. The van der Waals surface area contributed by atoms with E-state index in [0.717, 1.165) is 6.26 Å². The van der Waals surface area contributed by atoms with Crippen molar-refractivity contribution in [3.05, 3.63) is 12.2 Å². The fraction of sp³-hybridized carbons (Fsp3) is 0.200. The maximum absolute atomic E-state index is 9.60. The van der Waals surface area contributed by atoms with Gasteiger partial charge in [-0.15, -0.1) is 0 Å². The van der Waals surface area contributed by atoms with Crippen LogP contribution < -0.4 is 0 Å². The van der Waals surface area contributed by atoms with Gasteiger partial charge in [-0.3, -0.25) is 0 Å². The molecule has 0 aromatic heterocycles. The average Bonchev–Trinajstić information content (AvgIpc) is 1.68. The van der Waals surface area contributed by atoms with E-state index >= 15 is 0 Å².